The predicted octanol–water partition coefficient (Wildman–Crippen LogP) is 2.84. The standard InChI is InChI=1S/C13H25N2O4P/c1-6-17-13(16)10-19-20(18-9-7-8-14)15(11(2)3)12(4)5/h11-12H,6-7,9-10H2,1-5H3. The SMILES string of the molecule is CCOC(=O)COP(OCCC#N)N(C(C)C)C(C)C. The Hall–Kier alpha value is -0.730. The minimum Gasteiger partial charge on any atom is -0.464 e. The van der Waals surface area contributed by atoms with E-state index in [0.717, 1.165) is 0 Å². The zero-order valence-electron chi connectivity index (χ0n) is 13.0. The molecule has 116 valence electrons. The normalized spacial score (nSPS) is 12.8. The van der Waals surface area contributed by atoms with Crippen molar-refractivity contribution < 1.29 is 18.6 Å². The first-order chi connectivity index (χ1) is 9.43. The van der Waals surface area contributed by atoms with Gasteiger partial charge < -0.3 is 13.8 Å². The van der Waals surface area contributed by atoms with Gasteiger partial charge in [0.1, 0.15) is 0 Å². The van der Waals surface area contributed by atoms with E-state index in [1.807, 2.05) is 33.8 Å². The molecule has 20 heavy (non-hydrogen) atoms. The summed E-state index contributed by atoms with van der Waals surface area (Å²) in [6, 6.07) is 2.45. The van der Waals surface area contributed by atoms with Gasteiger partial charge >= 0.3 is 5.97 Å². The summed E-state index contributed by atoms with van der Waals surface area (Å²) in [5, 5.41) is 8.57. The Morgan fingerprint density at radius 3 is 2.30 bits per heavy atom. The molecule has 0 aromatic rings. The maximum Gasteiger partial charge on any atom is 0.332 e. The topological polar surface area (TPSA) is 71.8 Å². The van der Waals surface area contributed by atoms with Crippen LogP contribution in [0.5, 0.6) is 0 Å². The van der Waals surface area contributed by atoms with E-state index >= 15 is 0 Å². The van der Waals surface area contributed by atoms with E-state index < -0.39 is 14.5 Å². The summed E-state index contributed by atoms with van der Waals surface area (Å²) in [4.78, 5) is 11.4. The maximum atomic E-state index is 11.4. The molecule has 7 heteroatoms. The number of carbonyl (C=O) groups is 1. The highest BCUT2D eigenvalue weighted by molar-refractivity contribution is 7.44. The van der Waals surface area contributed by atoms with Crippen LogP contribution in [0.3, 0.4) is 0 Å². The molecule has 0 aromatic heterocycles. The van der Waals surface area contributed by atoms with Crippen LogP contribution in [0.2, 0.25) is 0 Å². The molecule has 0 bridgehead atoms. The van der Waals surface area contributed by atoms with Gasteiger partial charge in [-0.1, -0.05) is 0 Å². The van der Waals surface area contributed by atoms with Crippen molar-refractivity contribution in [2.45, 2.75) is 53.1 Å². The Morgan fingerprint density at radius 2 is 1.85 bits per heavy atom. The van der Waals surface area contributed by atoms with E-state index in [1.54, 1.807) is 6.92 Å². The third-order valence-corrected chi connectivity index (χ3v) is 4.31. The number of ether oxygens (including phenoxy) is 1. The molecule has 0 radical (unpaired) electrons. The summed E-state index contributed by atoms with van der Waals surface area (Å²) in [5.41, 5.74) is 0. The van der Waals surface area contributed by atoms with Gasteiger partial charge in [0.15, 0.2) is 6.61 Å². The number of rotatable bonds is 10. The summed E-state index contributed by atoms with van der Waals surface area (Å²) >= 11 is 0. The molecule has 0 aliphatic heterocycles. The average molecular weight is 304 g/mol. The fourth-order valence-electron chi connectivity index (χ4n) is 1.62. The lowest BCUT2D eigenvalue weighted by atomic mass is 10.3. The molecule has 0 saturated carbocycles. The molecule has 0 saturated heterocycles. The molecular weight excluding hydrogens is 279 g/mol. The second-order valence-electron chi connectivity index (χ2n) is 4.63. The van der Waals surface area contributed by atoms with Gasteiger partial charge in [-0.25, -0.2) is 9.46 Å². The first kappa shape index (κ1) is 19.3. The Labute approximate surface area is 123 Å². The zero-order chi connectivity index (χ0) is 15.5. The second kappa shape index (κ2) is 11.0. The smallest absolute Gasteiger partial charge is 0.332 e. The van der Waals surface area contributed by atoms with E-state index in [1.165, 1.54) is 0 Å². The van der Waals surface area contributed by atoms with Crippen molar-refractivity contribution in [1.29, 1.82) is 5.26 Å². The third kappa shape index (κ3) is 7.76. The van der Waals surface area contributed by atoms with E-state index in [-0.39, 0.29) is 18.7 Å². The van der Waals surface area contributed by atoms with E-state index in [0.29, 0.717) is 19.6 Å². The van der Waals surface area contributed by atoms with Crippen molar-refractivity contribution >= 4 is 14.5 Å². The molecule has 6 nitrogen and oxygen atoms in total. The summed E-state index contributed by atoms with van der Waals surface area (Å²) in [6.07, 6.45) is 0.297. The number of hydrogen-bond donors (Lipinski definition) is 0. The van der Waals surface area contributed by atoms with E-state index in [2.05, 4.69) is 4.67 Å². The quantitative estimate of drug-likeness (QED) is 0.351. The number of carbonyl (C=O) groups excluding carboxylic acids is 1. The Bertz CT molecular complexity index is 310. The fraction of sp³-hybridized carbons (Fsp3) is 0.846. The molecule has 0 fully saturated rings. The lowest BCUT2D eigenvalue weighted by Gasteiger charge is -2.35. The summed E-state index contributed by atoms with van der Waals surface area (Å²) in [5.74, 6) is -0.406. The maximum absolute atomic E-state index is 11.4. The molecule has 0 aromatic carbocycles. The van der Waals surface area contributed by atoms with Crippen LogP contribution in [0.4, 0.5) is 0 Å². The zero-order valence-corrected chi connectivity index (χ0v) is 13.9. The molecule has 0 heterocycles. The van der Waals surface area contributed by atoms with Crippen molar-refractivity contribution in [3.05, 3.63) is 0 Å². The number of nitriles is 1. The molecular formula is C13H25N2O4P. The summed E-state index contributed by atoms with van der Waals surface area (Å²) < 4.78 is 18.1. The lowest BCUT2D eigenvalue weighted by molar-refractivity contribution is -0.145. The van der Waals surface area contributed by atoms with Crippen molar-refractivity contribution in [2.24, 2.45) is 0 Å². The first-order valence-electron chi connectivity index (χ1n) is 6.80. The molecule has 0 amide bonds. The van der Waals surface area contributed by atoms with Gasteiger partial charge in [0.2, 0.25) is 0 Å². The van der Waals surface area contributed by atoms with Gasteiger partial charge in [0.05, 0.1) is 25.7 Å². The Morgan fingerprint density at radius 1 is 1.25 bits per heavy atom. The van der Waals surface area contributed by atoms with Crippen LogP contribution < -0.4 is 0 Å². The van der Waals surface area contributed by atoms with E-state index in [9.17, 15) is 4.79 Å². The molecule has 0 rings (SSSR count). The van der Waals surface area contributed by atoms with Crippen molar-refractivity contribution in [2.75, 3.05) is 19.8 Å². The number of hydrogen-bond acceptors (Lipinski definition) is 6. The molecule has 0 aliphatic rings. The third-order valence-electron chi connectivity index (χ3n) is 2.26. The van der Waals surface area contributed by atoms with Crippen LogP contribution in [0.1, 0.15) is 41.0 Å². The van der Waals surface area contributed by atoms with Gasteiger partial charge in [0, 0.05) is 12.1 Å². The monoisotopic (exact) mass is 304 g/mol. The van der Waals surface area contributed by atoms with Crippen molar-refractivity contribution in [3.8, 4) is 6.07 Å². The molecule has 0 spiro atoms. The number of esters is 1. The summed E-state index contributed by atoms with van der Waals surface area (Å²) in [7, 11) is -1.38. The lowest BCUT2D eigenvalue weighted by Crippen LogP contribution is -2.34. The first-order valence-corrected chi connectivity index (χ1v) is 7.93. The van der Waals surface area contributed by atoms with Gasteiger partial charge in [0.25, 0.3) is 8.53 Å². The fourth-order valence-corrected chi connectivity index (χ4v) is 3.18. The minimum absolute atomic E-state index is 0.137. The van der Waals surface area contributed by atoms with Gasteiger partial charge in [-0.15, -0.1) is 0 Å². The number of nitrogens with zero attached hydrogens (tertiary/aromatic N) is 2. The van der Waals surface area contributed by atoms with Crippen LogP contribution >= 0.6 is 8.53 Å². The van der Waals surface area contributed by atoms with Gasteiger partial charge in [-0.05, 0) is 34.6 Å². The van der Waals surface area contributed by atoms with E-state index in [4.69, 9.17) is 19.0 Å². The molecule has 0 N–H and O–H groups in total. The van der Waals surface area contributed by atoms with Crippen LogP contribution in [-0.4, -0.2) is 42.5 Å². The summed E-state index contributed by atoms with van der Waals surface area (Å²) in [6.45, 7) is 10.4. The minimum atomic E-state index is -1.38. The highest BCUT2D eigenvalue weighted by Crippen LogP contribution is 2.45. The highest BCUT2D eigenvalue weighted by atomic mass is 31.2. The highest BCUT2D eigenvalue weighted by Gasteiger charge is 2.27. The Kier molecular flexibility index (Phi) is 10.6. The molecule has 1 unspecified atom stereocenters. The van der Waals surface area contributed by atoms with Crippen molar-refractivity contribution in [3.63, 3.8) is 0 Å². The predicted molar refractivity (Wildman–Crippen MR) is 77.8 cm³/mol. The largest absolute Gasteiger partial charge is 0.464 e. The van der Waals surface area contributed by atoms with Gasteiger partial charge in [-0.3, -0.25) is 0 Å². The molecule has 0 aliphatic carbocycles. The van der Waals surface area contributed by atoms with Crippen LogP contribution in [0.15, 0.2) is 0 Å². The average Bonchev–Trinajstić information content (AvgIpc) is 2.35. The van der Waals surface area contributed by atoms with Gasteiger partial charge in [-0.2, -0.15) is 5.26 Å². The van der Waals surface area contributed by atoms with Crippen LogP contribution in [0, 0.1) is 11.3 Å². The second-order valence-corrected chi connectivity index (χ2v) is 6.08. The van der Waals surface area contributed by atoms with Crippen LogP contribution in [0.25, 0.3) is 0 Å². The van der Waals surface area contributed by atoms with Crippen molar-refractivity contribution in [1.82, 2.24) is 4.67 Å². The Balaban J connectivity index is 4.60. The van der Waals surface area contributed by atoms with Crippen LogP contribution in [-0.2, 0) is 18.6 Å². The molecule has 1 atom stereocenters.